The van der Waals surface area contributed by atoms with Gasteiger partial charge >= 0.3 is 0 Å². The van der Waals surface area contributed by atoms with Crippen molar-refractivity contribution in [3.05, 3.63) is 0 Å². The standard InChI is InChI=1S/C13H22O2S/c1-3-15-11-7-10(8-11)9-12(14)13(2)5-4-6-16-13/h10-11H,3-9H2,1-2H3. The number of Topliss-reactive ketones (excluding diaryl/α,β-unsaturated/α-hetero) is 1. The number of thioether (sulfide) groups is 1. The second-order valence-electron chi connectivity index (χ2n) is 5.22. The zero-order valence-electron chi connectivity index (χ0n) is 10.3. The van der Waals surface area contributed by atoms with Crippen LogP contribution in [0.2, 0.25) is 0 Å². The molecule has 1 aliphatic heterocycles. The van der Waals surface area contributed by atoms with Gasteiger partial charge in [0.05, 0.1) is 10.9 Å². The van der Waals surface area contributed by atoms with Gasteiger partial charge in [0, 0.05) is 13.0 Å². The average molecular weight is 242 g/mol. The van der Waals surface area contributed by atoms with Gasteiger partial charge in [0.15, 0.2) is 0 Å². The Bertz CT molecular complexity index is 253. The summed E-state index contributed by atoms with van der Waals surface area (Å²) in [5.74, 6) is 2.24. The number of ketones is 1. The van der Waals surface area contributed by atoms with E-state index in [0.29, 0.717) is 17.8 Å². The lowest BCUT2D eigenvalue weighted by Crippen LogP contribution is -2.37. The van der Waals surface area contributed by atoms with Crippen LogP contribution in [-0.2, 0) is 9.53 Å². The molecule has 0 aromatic heterocycles. The molecule has 1 heterocycles. The summed E-state index contributed by atoms with van der Waals surface area (Å²) in [6.07, 6.45) is 5.71. The van der Waals surface area contributed by atoms with E-state index in [-0.39, 0.29) is 4.75 Å². The fraction of sp³-hybridized carbons (Fsp3) is 0.923. The van der Waals surface area contributed by atoms with Crippen molar-refractivity contribution in [1.82, 2.24) is 0 Å². The maximum absolute atomic E-state index is 12.2. The van der Waals surface area contributed by atoms with Crippen LogP contribution >= 0.6 is 11.8 Å². The van der Waals surface area contributed by atoms with E-state index in [1.54, 1.807) is 0 Å². The number of hydrogen-bond acceptors (Lipinski definition) is 3. The molecule has 1 atom stereocenters. The van der Waals surface area contributed by atoms with E-state index in [9.17, 15) is 4.79 Å². The highest BCUT2D eigenvalue weighted by Crippen LogP contribution is 2.42. The highest BCUT2D eigenvalue weighted by Gasteiger charge is 2.40. The number of ether oxygens (including phenoxy) is 1. The SMILES string of the molecule is CCOC1CC(CC(=O)C2(C)CCCS2)C1. The van der Waals surface area contributed by atoms with Crippen LogP contribution in [-0.4, -0.2) is 29.0 Å². The molecule has 0 bridgehead atoms. The normalized spacial score (nSPS) is 38.4. The molecule has 0 radical (unpaired) electrons. The average Bonchev–Trinajstić information content (AvgIpc) is 2.63. The zero-order chi connectivity index (χ0) is 11.6. The third-order valence-electron chi connectivity index (χ3n) is 3.88. The second-order valence-corrected chi connectivity index (χ2v) is 6.82. The molecule has 0 aromatic carbocycles. The minimum Gasteiger partial charge on any atom is -0.378 e. The molecule has 1 saturated heterocycles. The monoisotopic (exact) mass is 242 g/mol. The molecule has 0 spiro atoms. The summed E-state index contributed by atoms with van der Waals surface area (Å²) in [7, 11) is 0. The Kier molecular flexibility index (Phi) is 3.96. The van der Waals surface area contributed by atoms with E-state index >= 15 is 0 Å². The van der Waals surface area contributed by atoms with Gasteiger partial charge in [0.2, 0.25) is 0 Å². The summed E-state index contributed by atoms with van der Waals surface area (Å²) in [5, 5.41) is 0. The van der Waals surface area contributed by atoms with Crippen molar-refractivity contribution in [3.8, 4) is 0 Å². The minimum absolute atomic E-state index is 0.0588. The minimum atomic E-state index is -0.0588. The topological polar surface area (TPSA) is 26.3 Å². The van der Waals surface area contributed by atoms with Crippen molar-refractivity contribution < 1.29 is 9.53 Å². The third kappa shape index (κ3) is 2.62. The first-order valence-electron chi connectivity index (χ1n) is 6.43. The second kappa shape index (κ2) is 5.09. The Morgan fingerprint density at radius 2 is 2.25 bits per heavy atom. The van der Waals surface area contributed by atoms with Gasteiger partial charge in [-0.15, -0.1) is 11.8 Å². The first kappa shape index (κ1) is 12.4. The Labute approximate surface area is 103 Å². The molecule has 16 heavy (non-hydrogen) atoms. The van der Waals surface area contributed by atoms with Crippen LogP contribution in [0.4, 0.5) is 0 Å². The van der Waals surface area contributed by atoms with Crippen LogP contribution in [0.25, 0.3) is 0 Å². The molecule has 0 N–H and O–H groups in total. The van der Waals surface area contributed by atoms with E-state index in [1.165, 1.54) is 6.42 Å². The van der Waals surface area contributed by atoms with Crippen LogP contribution < -0.4 is 0 Å². The molecular formula is C13H22O2S. The number of carbonyl (C=O) groups excluding carboxylic acids is 1. The summed E-state index contributed by atoms with van der Waals surface area (Å²) in [4.78, 5) is 12.2. The summed E-state index contributed by atoms with van der Waals surface area (Å²) >= 11 is 1.86. The van der Waals surface area contributed by atoms with Gasteiger partial charge in [0.25, 0.3) is 0 Å². The molecule has 2 fully saturated rings. The third-order valence-corrected chi connectivity index (χ3v) is 5.44. The predicted octanol–water partition coefficient (Wildman–Crippen LogP) is 3.05. The van der Waals surface area contributed by atoms with Crippen molar-refractivity contribution >= 4 is 17.5 Å². The highest BCUT2D eigenvalue weighted by atomic mass is 32.2. The van der Waals surface area contributed by atoms with Gasteiger partial charge in [-0.25, -0.2) is 0 Å². The predicted molar refractivity (Wildman–Crippen MR) is 67.9 cm³/mol. The van der Waals surface area contributed by atoms with Crippen LogP contribution in [0.1, 0.15) is 46.0 Å². The highest BCUT2D eigenvalue weighted by molar-refractivity contribution is 8.01. The van der Waals surface area contributed by atoms with Crippen molar-refractivity contribution in [2.75, 3.05) is 12.4 Å². The van der Waals surface area contributed by atoms with Crippen molar-refractivity contribution in [1.29, 1.82) is 0 Å². The van der Waals surface area contributed by atoms with E-state index in [1.807, 2.05) is 18.7 Å². The van der Waals surface area contributed by atoms with Gasteiger partial charge in [-0.3, -0.25) is 4.79 Å². The molecule has 2 rings (SSSR count). The Hall–Kier alpha value is -0.0200. The lowest BCUT2D eigenvalue weighted by molar-refractivity contribution is -0.124. The van der Waals surface area contributed by atoms with E-state index in [0.717, 1.165) is 38.0 Å². The van der Waals surface area contributed by atoms with E-state index in [4.69, 9.17) is 4.74 Å². The maximum Gasteiger partial charge on any atom is 0.148 e. The molecule has 2 aliphatic rings. The Morgan fingerprint density at radius 3 is 2.81 bits per heavy atom. The quantitative estimate of drug-likeness (QED) is 0.741. The van der Waals surface area contributed by atoms with Gasteiger partial charge in [-0.05, 0) is 51.2 Å². The first-order valence-corrected chi connectivity index (χ1v) is 7.41. The molecule has 1 saturated carbocycles. The lowest BCUT2D eigenvalue weighted by Gasteiger charge is -2.36. The Morgan fingerprint density at radius 1 is 1.50 bits per heavy atom. The molecule has 1 aliphatic carbocycles. The van der Waals surface area contributed by atoms with E-state index < -0.39 is 0 Å². The zero-order valence-corrected chi connectivity index (χ0v) is 11.1. The molecule has 3 heteroatoms. The maximum atomic E-state index is 12.2. The molecular weight excluding hydrogens is 220 g/mol. The Balaban J connectivity index is 1.73. The van der Waals surface area contributed by atoms with Crippen LogP contribution in [0, 0.1) is 5.92 Å². The fourth-order valence-electron chi connectivity index (χ4n) is 2.69. The van der Waals surface area contributed by atoms with Crippen molar-refractivity contribution in [3.63, 3.8) is 0 Å². The molecule has 1 unspecified atom stereocenters. The van der Waals surface area contributed by atoms with Crippen LogP contribution in [0.3, 0.4) is 0 Å². The van der Waals surface area contributed by atoms with Gasteiger partial charge in [0.1, 0.15) is 5.78 Å². The summed E-state index contributed by atoms with van der Waals surface area (Å²) in [5.41, 5.74) is 0. The van der Waals surface area contributed by atoms with Crippen molar-refractivity contribution in [2.45, 2.75) is 56.8 Å². The summed E-state index contributed by atoms with van der Waals surface area (Å²) in [6.45, 7) is 4.97. The van der Waals surface area contributed by atoms with Crippen LogP contribution in [0.15, 0.2) is 0 Å². The molecule has 0 amide bonds. The largest absolute Gasteiger partial charge is 0.378 e. The van der Waals surface area contributed by atoms with Crippen molar-refractivity contribution in [2.24, 2.45) is 5.92 Å². The molecule has 2 nitrogen and oxygen atoms in total. The first-order chi connectivity index (χ1) is 7.64. The van der Waals surface area contributed by atoms with Gasteiger partial charge in [-0.1, -0.05) is 0 Å². The fourth-order valence-corrected chi connectivity index (χ4v) is 3.96. The number of carbonyl (C=O) groups is 1. The number of hydrogen-bond donors (Lipinski definition) is 0. The lowest BCUT2D eigenvalue weighted by atomic mass is 9.77. The smallest absolute Gasteiger partial charge is 0.148 e. The number of rotatable bonds is 5. The molecule has 92 valence electrons. The summed E-state index contributed by atoms with van der Waals surface area (Å²) in [6, 6.07) is 0. The molecule has 0 aromatic rings. The summed E-state index contributed by atoms with van der Waals surface area (Å²) < 4.78 is 5.46. The van der Waals surface area contributed by atoms with Gasteiger partial charge < -0.3 is 4.74 Å². The van der Waals surface area contributed by atoms with E-state index in [2.05, 4.69) is 6.92 Å². The van der Waals surface area contributed by atoms with Gasteiger partial charge in [-0.2, -0.15) is 0 Å². The van der Waals surface area contributed by atoms with Crippen LogP contribution in [0.5, 0.6) is 0 Å².